The summed E-state index contributed by atoms with van der Waals surface area (Å²) in [5.74, 6) is -0.0826. The smallest absolute Gasteiger partial charge is 0.248 e. The third-order valence-corrected chi connectivity index (χ3v) is 2.82. The van der Waals surface area contributed by atoms with Gasteiger partial charge in [-0.1, -0.05) is 35.9 Å². The highest BCUT2D eigenvalue weighted by molar-refractivity contribution is 5.93. The molecule has 0 saturated carbocycles. The molecule has 0 radical (unpaired) electrons. The number of benzene rings is 2. The molecule has 5 heteroatoms. The van der Waals surface area contributed by atoms with Crippen LogP contribution >= 0.6 is 0 Å². The van der Waals surface area contributed by atoms with E-state index < -0.39 is 5.91 Å². The summed E-state index contributed by atoms with van der Waals surface area (Å²) >= 11 is 0. The first-order valence-electron chi connectivity index (χ1n) is 6.70. The molecule has 5 nitrogen and oxygen atoms in total. The summed E-state index contributed by atoms with van der Waals surface area (Å²) in [5, 5.41) is 0. The lowest BCUT2D eigenvalue weighted by Gasteiger charge is -1.99. The molecular weight excluding hydrogens is 280 g/mol. The number of carbonyl (C=O) groups is 2. The number of nitrogens with two attached hydrogens (primary N) is 2. The summed E-state index contributed by atoms with van der Waals surface area (Å²) in [5.41, 5.74) is 12.7. The van der Waals surface area contributed by atoms with E-state index in [0.717, 1.165) is 11.1 Å². The number of hydrogen-bond acceptors (Lipinski definition) is 3. The Morgan fingerprint density at radius 3 is 2.27 bits per heavy atom. The van der Waals surface area contributed by atoms with Crippen molar-refractivity contribution >= 4 is 11.8 Å². The topological polar surface area (TPSA) is 95.4 Å². The summed E-state index contributed by atoms with van der Waals surface area (Å²) in [4.78, 5) is 21.1. The van der Waals surface area contributed by atoms with Crippen molar-refractivity contribution < 1.29 is 14.3 Å². The minimum Gasteiger partial charge on any atom is -0.497 e. The van der Waals surface area contributed by atoms with Gasteiger partial charge in [0.1, 0.15) is 5.75 Å². The van der Waals surface area contributed by atoms with E-state index in [1.165, 1.54) is 0 Å². The van der Waals surface area contributed by atoms with Crippen molar-refractivity contribution in [2.24, 2.45) is 11.5 Å². The third kappa shape index (κ3) is 6.09. The van der Waals surface area contributed by atoms with Crippen LogP contribution in [0.5, 0.6) is 5.75 Å². The van der Waals surface area contributed by atoms with Gasteiger partial charge in [-0.2, -0.15) is 0 Å². The van der Waals surface area contributed by atoms with E-state index in [2.05, 4.69) is 0 Å². The van der Waals surface area contributed by atoms with Gasteiger partial charge in [0.25, 0.3) is 0 Å². The Morgan fingerprint density at radius 1 is 1.05 bits per heavy atom. The van der Waals surface area contributed by atoms with Crippen LogP contribution < -0.4 is 16.2 Å². The minimum atomic E-state index is -0.441. The molecule has 0 spiro atoms. The first kappa shape index (κ1) is 17.2. The number of ether oxygens (including phenoxy) is 1. The highest BCUT2D eigenvalue weighted by atomic mass is 16.5. The Labute approximate surface area is 129 Å². The average Bonchev–Trinajstić information content (AvgIpc) is 2.47. The zero-order valence-electron chi connectivity index (χ0n) is 12.7. The molecule has 0 aliphatic carbocycles. The number of amides is 2. The van der Waals surface area contributed by atoms with Crippen LogP contribution in [0.15, 0.2) is 48.5 Å². The van der Waals surface area contributed by atoms with Gasteiger partial charge in [0, 0.05) is 5.56 Å². The molecule has 116 valence electrons. The molecule has 0 heterocycles. The highest BCUT2D eigenvalue weighted by Gasteiger charge is 1.99. The minimum absolute atomic E-state index is 0.282. The summed E-state index contributed by atoms with van der Waals surface area (Å²) in [6.45, 7) is 1.99. The van der Waals surface area contributed by atoms with Gasteiger partial charge < -0.3 is 16.2 Å². The predicted octanol–water partition coefficient (Wildman–Crippen LogP) is 1.82. The van der Waals surface area contributed by atoms with Crippen molar-refractivity contribution in [3.8, 4) is 5.75 Å². The lowest BCUT2D eigenvalue weighted by Crippen LogP contribution is -2.13. The molecule has 0 saturated heterocycles. The number of methoxy groups -OCH3 is 1. The van der Waals surface area contributed by atoms with Gasteiger partial charge in [-0.05, 0) is 30.7 Å². The van der Waals surface area contributed by atoms with E-state index in [-0.39, 0.29) is 5.91 Å². The van der Waals surface area contributed by atoms with Crippen molar-refractivity contribution in [3.63, 3.8) is 0 Å². The van der Waals surface area contributed by atoms with E-state index in [1.54, 1.807) is 31.4 Å². The number of rotatable bonds is 4. The fraction of sp³-hybridized carbons (Fsp3) is 0.176. The fourth-order valence-corrected chi connectivity index (χ4v) is 1.80. The van der Waals surface area contributed by atoms with Gasteiger partial charge in [0.05, 0.1) is 13.5 Å². The molecule has 0 bridgehead atoms. The van der Waals surface area contributed by atoms with Crippen LogP contribution in [0.3, 0.4) is 0 Å². The number of carbonyl (C=O) groups excluding carboxylic acids is 2. The molecule has 2 amide bonds. The molecule has 2 aromatic carbocycles. The van der Waals surface area contributed by atoms with E-state index in [9.17, 15) is 9.59 Å². The molecule has 4 N–H and O–H groups in total. The summed E-state index contributed by atoms with van der Waals surface area (Å²) in [6, 6.07) is 14.5. The SMILES string of the molecule is COc1cccc(C(N)=O)c1.Cc1cccc(CC(N)=O)c1. The highest BCUT2D eigenvalue weighted by Crippen LogP contribution is 2.11. The second kappa shape index (κ2) is 8.46. The summed E-state index contributed by atoms with van der Waals surface area (Å²) < 4.78 is 4.90. The van der Waals surface area contributed by atoms with Gasteiger partial charge in [-0.3, -0.25) is 9.59 Å². The Balaban J connectivity index is 0.000000220. The van der Waals surface area contributed by atoms with Crippen molar-refractivity contribution in [1.82, 2.24) is 0 Å². The van der Waals surface area contributed by atoms with Crippen LogP contribution in [-0.4, -0.2) is 18.9 Å². The van der Waals surface area contributed by atoms with Crippen LogP contribution in [0.4, 0.5) is 0 Å². The molecule has 22 heavy (non-hydrogen) atoms. The van der Waals surface area contributed by atoms with Crippen molar-refractivity contribution in [1.29, 1.82) is 0 Å². The van der Waals surface area contributed by atoms with Gasteiger partial charge >= 0.3 is 0 Å². The van der Waals surface area contributed by atoms with Gasteiger partial charge in [0.15, 0.2) is 0 Å². The lowest BCUT2D eigenvalue weighted by atomic mass is 10.1. The predicted molar refractivity (Wildman–Crippen MR) is 85.6 cm³/mol. The first-order valence-corrected chi connectivity index (χ1v) is 6.70. The Bertz CT molecular complexity index is 654. The Hall–Kier alpha value is -2.82. The zero-order chi connectivity index (χ0) is 16.5. The van der Waals surface area contributed by atoms with Crippen molar-refractivity contribution in [3.05, 3.63) is 65.2 Å². The third-order valence-electron chi connectivity index (χ3n) is 2.82. The number of primary amides is 2. The Kier molecular flexibility index (Phi) is 6.63. The normalized spacial score (nSPS) is 9.36. The molecule has 0 atom stereocenters. The maximum atomic E-state index is 10.6. The lowest BCUT2D eigenvalue weighted by molar-refractivity contribution is -0.117. The van der Waals surface area contributed by atoms with Crippen LogP contribution in [0, 0.1) is 6.92 Å². The van der Waals surface area contributed by atoms with Crippen molar-refractivity contribution in [2.75, 3.05) is 7.11 Å². The summed E-state index contributed by atoms with van der Waals surface area (Å²) in [6.07, 6.45) is 0.335. The van der Waals surface area contributed by atoms with Crippen LogP contribution in [-0.2, 0) is 11.2 Å². The molecule has 2 rings (SSSR count). The van der Waals surface area contributed by atoms with Gasteiger partial charge in [-0.25, -0.2) is 0 Å². The monoisotopic (exact) mass is 300 g/mol. The van der Waals surface area contributed by atoms with Crippen LogP contribution in [0.25, 0.3) is 0 Å². The molecule has 0 fully saturated rings. The van der Waals surface area contributed by atoms with Crippen molar-refractivity contribution in [2.45, 2.75) is 13.3 Å². The second-order valence-corrected chi connectivity index (χ2v) is 4.73. The largest absolute Gasteiger partial charge is 0.497 e. The summed E-state index contributed by atoms with van der Waals surface area (Å²) in [7, 11) is 1.54. The van der Waals surface area contributed by atoms with E-state index >= 15 is 0 Å². The quantitative estimate of drug-likeness (QED) is 0.901. The maximum Gasteiger partial charge on any atom is 0.248 e. The number of aryl methyl sites for hydroxylation is 1. The molecule has 2 aromatic rings. The van der Waals surface area contributed by atoms with E-state index in [0.29, 0.717) is 17.7 Å². The Morgan fingerprint density at radius 2 is 1.73 bits per heavy atom. The number of hydrogen-bond donors (Lipinski definition) is 2. The van der Waals surface area contributed by atoms with E-state index in [1.807, 2.05) is 31.2 Å². The van der Waals surface area contributed by atoms with Crippen LogP contribution in [0.1, 0.15) is 21.5 Å². The molecular formula is C17H20N2O3. The first-order chi connectivity index (χ1) is 10.4. The molecule has 0 aliphatic heterocycles. The fourth-order valence-electron chi connectivity index (χ4n) is 1.80. The van der Waals surface area contributed by atoms with Crippen LogP contribution in [0.2, 0.25) is 0 Å². The van der Waals surface area contributed by atoms with Gasteiger partial charge in [-0.15, -0.1) is 0 Å². The molecule has 0 unspecified atom stereocenters. The molecule has 0 aromatic heterocycles. The maximum absolute atomic E-state index is 10.6. The second-order valence-electron chi connectivity index (χ2n) is 4.73. The van der Waals surface area contributed by atoms with Gasteiger partial charge in [0.2, 0.25) is 11.8 Å². The average molecular weight is 300 g/mol. The van der Waals surface area contributed by atoms with E-state index in [4.69, 9.17) is 16.2 Å². The standard InChI is InChI=1S/C9H11NO.C8H9NO2/c1-7-3-2-4-8(5-7)6-9(10)11;1-11-7-4-2-3-6(5-7)8(9)10/h2-5H,6H2,1H3,(H2,10,11);2-5H,1H3,(H2,9,10). The zero-order valence-corrected chi connectivity index (χ0v) is 12.7. The molecule has 0 aliphatic rings.